The van der Waals surface area contributed by atoms with Gasteiger partial charge in [0.25, 0.3) is 0 Å². The maximum Gasteiger partial charge on any atom is 0.330 e. The van der Waals surface area contributed by atoms with Crippen molar-refractivity contribution in [2.45, 2.75) is 13.5 Å². The van der Waals surface area contributed by atoms with Crippen molar-refractivity contribution in [1.29, 1.82) is 0 Å². The van der Waals surface area contributed by atoms with Gasteiger partial charge in [-0.15, -0.1) is 0 Å². The second-order valence-corrected chi connectivity index (χ2v) is 5.93. The Morgan fingerprint density at radius 1 is 1.26 bits per heavy atom. The van der Waals surface area contributed by atoms with Gasteiger partial charge in [-0.1, -0.05) is 41.9 Å². The fraction of sp³-hybridized carbons (Fsp3) is 0.167. The first kappa shape index (κ1) is 17.6. The van der Waals surface area contributed by atoms with Gasteiger partial charge < -0.3 is 9.47 Å². The van der Waals surface area contributed by atoms with Crippen molar-refractivity contribution < 1.29 is 14.3 Å². The van der Waals surface area contributed by atoms with Crippen LogP contribution in [-0.4, -0.2) is 12.6 Å². The molecule has 0 atom stereocenters. The number of esters is 1. The molecule has 2 aromatic rings. The highest BCUT2D eigenvalue weighted by Crippen LogP contribution is 2.35. The second kappa shape index (κ2) is 8.75. The minimum Gasteiger partial charge on any atom is -0.486 e. The maximum atomic E-state index is 11.3. The van der Waals surface area contributed by atoms with E-state index in [0.717, 1.165) is 15.6 Å². The number of ether oxygens (including phenoxy) is 2. The average Bonchev–Trinajstić information content (AvgIpc) is 2.53. The number of benzene rings is 2. The third kappa shape index (κ3) is 5.41. The van der Waals surface area contributed by atoms with Gasteiger partial charge in [-0.3, -0.25) is 0 Å². The Balaban J connectivity index is 2.09. The number of halogens is 2. The Bertz CT molecular complexity index is 676. The SMILES string of the molecule is CCOC(=O)/C=C/c1cc(Cl)c(OCc2ccccc2)c(Br)c1. The van der Waals surface area contributed by atoms with E-state index < -0.39 is 0 Å². The molecule has 0 aromatic heterocycles. The number of carbonyl (C=O) groups excluding carboxylic acids is 1. The van der Waals surface area contributed by atoms with E-state index in [1.165, 1.54) is 6.08 Å². The van der Waals surface area contributed by atoms with Gasteiger partial charge in [-0.05, 0) is 52.2 Å². The molecule has 0 unspecified atom stereocenters. The molecule has 0 spiro atoms. The van der Waals surface area contributed by atoms with E-state index in [0.29, 0.717) is 24.0 Å². The zero-order chi connectivity index (χ0) is 16.7. The van der Waals surface area contributed by atoms with Crippen LogP contribution in [-0.2, 0) is 16.1 Å². The first-order valence-corrected chi connectivity index (χ1v) is 8.28. The van der Waals surface area contributed by atoms with Crippen molar-refractivity contribution in [2.75, 3.05) is 6.61 Å². The molecule has 0 bridgehead atoms. The van der Waals surface area contributed by atoms with Crippen molar-refractivity contribution in [3.8, 4) is 5.75 Å². The van der Waals surface area contributed by atoms with Gasteiger partial charge in [-0.2, -0.15) is 0 Å². The lowest BCUT2D eigenvalue weighted by molar-refractivity contribution is -0.137. The van der Waals surface area contributed by atoms with Gasteiger partial charge in [0.1, 0.15) is 6.61 Å². The second-order valence-electron chi connectivity index (χ2n) is 4.67. The zero-order valence-electron chi connectivity index (χ0n) is 12.6. The number of hydrogen-bond donors (Lipinski definition) is 0. The minimum atomic E-state index is -0.385. The molecule has 120 valence electrons. The first-order chi connectivity index (χ1) is 11.1. The van der Waals surface area contributed by atoms with Crippen molar-refractivity contribution in [3.63, 3.8) is 0 Å². The summed E-state index contributed by atoms with van der Waals surface area (Å²) in [7, 11) is 0. The summed E-state index contributed by atoms with van der Waals surface area (Å²) in [5.74, 6) is 0.188. The maximum absolute atomic E-state index is 11.3. The van der Waals surface area contributed by atoms with Crippen LogP contribution >= 0.6 is 27.5 Å². The standard InChI is InChI=1S/C18H16BrClO3/c1-2-22-17(21)9-8-14-10-15(19)18(16(20)11-14)23-12-13-6-4-3-5-7-13/h3-11H,2,12H2,1H3/b9-8+. The van der Waals surface area contributed by atoms with E-state index in [1.807, 2.05) is 36.4 Å². The number of carbonyl (C=O) groups is 1. The highest BCUT2D eigenvalue weighted by Gasteiger charge is 2.09. The predicted octanol–water partition coefficient (Wildman–Crippen LogP) is 5.26. The molecule has 0 fully saturated rings. The Morgan fingerprint density at radius 2 is 2.00 bits per heavy atom. The summed E-state index contributed by atoms with van der Waals surface area (Å²) >= 11 is 9.72. The van der Waals surface area contributed by atoms with Crippen LogP contribution in [0, 0.1) is 0 Å². The predicted molar refractivity (Wildman–Crippen MR) is 95.6 cm³/mol. The van der Waals surface area contributed by atoms with Crippen LogP contribution in [0.2, 0.25) is 5.02 Å². The monoisotopic (exact) mass is 394 g/mol. The molecule has 0 saturated heterocycles. The molecule has 0 saturated carbocycles. The van der Waals surface area contributed by atoms with Crippen LogP contribution in [0.4, 0.5) is 0 Å². The lowest BCUT2D eigenvalue weighted by Crippen LogP contribution is -1.99. The molecular weight excluding hydrogens is 380 g/mol. The summed E-state index contributed by atoms with van der Waals surface area (Å²) < 4.78 is 11.3. The molecule has 0 radical (unpaired) electrons. The molecule has 0 amide bonds. The lowest BCUT2D eigenvalue weighted by atomic mass is 10.2. The minimum absolute atomic E-state index is 0.347. The zero-order valence-corrected chi connectivity index (χ0v) is 14.9. The third-order valence-corrected chi connectivity index (χ3v) is 3.81. The molecule has 0 heterocycles. The van der Waals surface area contributed by atoms with Gasteiger partial charge in [0.05, 0.1) is 16.1 Å². The first-order valence-electron chi connectivity index (χ1n) is 7.10. The highest BCUT2D eigenvalue weighted by atomic mass is 79.9. The van der Waals surface area contributed by atoms with E-state index in [-0.39, 0.29) is 5.97 Å². The van der Waals surface area contributed by atoms with Crippen LogP contribution in [0.25, 0.3) is 6.08 Å². The molecule has 2 rings (SSSR count). The highest BCUT2D eigenvalue weighted by molar-refractivity contribution is 9.10. The molecule has 5 heteroatoms. The Kier molecular flexibility index (Phi) is 6.68. The Labute approximate surface area is 149 Å². The molecule has 0 aliphatic heterocycles. The van der Waals surface area contributed by atoms with Crippen molar-refractivity contribution in [3.05, 3.63) is 69.2 Å². The Morgan fingerprint density at radius 3 is 2.65 bits per heavy atom. The molecule has 3 nitrogen and oxygen atoms in total. The van der Waals surface area contributed by atoms with Gasteiger partial charge in [-0.25, -0.2) is 4.79 Å². The summed E-state index contributed by atoms with van der Waals surface area (Å²) in [5.41, 5.74) is 1.84. The van der Waals surface area contributed by atoms with Gasteiger partial charge in [0.15, 0.2) is 5.75 Å². The van der Waals surface area contributed by atoms with Gasteiger partial charge in [0.2, 0.25) is 0 Å². The topological polar surface area (TPSA) is 35.5 Å². The smallest absolute Gasteiger partial charge is 0.330 e. The fourth-order valence-corrected chi connectivity index (χ4v) is 2.89. The van der Waals surface area contributed by atoms with Crippen molar-refractivity contribution in [2.24, 2.45) is 0 Å². The summed E-state index contributed by atoms with van der Waals surface area (Å²) in [4.78, 5) is 11.3. The van der Waals surface area contributed by atoms with Gasteiger partial charge in [0, 0.05) is 6.08 Å². The Hall–Kier alpha value is -1.78. The van der Waals surface area contributed by atoms with E-state index in [1.54, 1.807) is 19.1 Å². The molecule has 0 N–H and O–H groups in total. The van der Waals surface area contributed by atoms with Crippen LogP contribution in [0.1, 0.15) is 18.1 Å². The van der Waals surface area contributed by atoms with E-state index in [9.17, 15) is 4.79 Å². The van der Waals surface area contributed by atoms with Crippen molar-refractivity contribution in [1.82, 2.24) is 0 Å². The molecule has 0 aliphatic carbocycles. The van der Waals surface area contributed by atoms with E-state index in [4.69, 9.17) is 21.1 Å². The molecular formula is C18H16BrClO3. The lowest BCUT2D eigenvalue weighted by Gasteiger charge is -2.11. The third-order valence-electron chi connectivity index (χ3n) is 2.95. The summed E-state index contributed by atoms with van der Waals surface area (Å²) in [6.45, 7) is 2.54. The summed E-state index contributed by atoms with van der Waals surface area (Å²) in [6, 6.07) is 13.4. The molecule has 2 aromatic carbocycles. The average molecular weight is 396 g/mol. The quantitative estimate of drug-likeness (QED) is 0.494. The van der Waals surface area contributed by atoms with E-state index in [2.05, 4.69) is 15.9 Å². The summed E-state index contributed by atoms with van der Waals surface area (Å²) in [5, 5.41) is 0.471. The normalized spacial score (nSPS) is 10.7. The van der Waals surface area contributed by atoms with Crippen LogP contribution < -0.4 is 4.74 Å². The van der Waals surface area contributed by atoms with Crippen LogP contribution in [0.15, 0.2) is 53.0 Å². The molecule has 0 aliphatic rings. The fourth-order valence-electron chi connectivity index (χ4n) is 1.90. The van der Waals surface area contributed by atoms with Gasteiger partial charge >= 0.3 is 5.97 Å². The van der Waals surface area contributed by atoms with Crippen molar-refractivity contribution >= 4 is 39.6 Å². The van der Waals surface area contributed by atoms with Crippen LogP contribution in [0.5, 0.6) is 5.75 Å². The molecule has 23 heavy (non-hydrogen) atoms. The number of rotatable bonds is 6. The van der Waals surface area contributed by atoms with E-state index >= 15 is 0 Å². The van der Waals surface area contributed by atoms with Crippen LogP contribution in [0.3, 0.4) is 0 Å². The largest absolute Gasteiger partial charge is 0.486 e. The number of hydrogen-bond acceptors (Lipinski definition) is 3. The summed E-state index contributed by atoms with van der Waals surface area (Å²) in [6.07, 6.45) is 3.02.